The first-order chi connectivity index (χ1) is 11.5. The van der Waals surface area contributed by atoms with Gasteiger partial charge in [-0.2, -0.15) is 13.2 Å². The molecule has 25 heavy (non-hydrogen) atoms. The molecule has 0 unspecified atom stereocenters. The number of halogens is 3. The highest BCUT2D eigenvalue weighted by molar-refractivity contribution is 6.13. The second-order valence-corrected chi connectivity index (χ2v) is 5.16. The maximum atomic E-state index is 13.0. The number of rotatable bonds is 4. The minimum Gasteiger partial charge on any atom is -0.444 e. The van der Waals surface area contributed by atoms with Crippen LogP contribution in [0.25, 0.3) is 0 Å². The largest absolute Gasteiger partial charge is 0.444 e. The maximum absolute atomic E-state index is 13.0. The second kappa shape index (κ2) is 6.42. The number of Topliss-reactive ketones (excluding diaryl/α,β-unsaturated/α-hetero) is 1. The van der Waals surface area contributed by atoms with Crippen molar-refractivity contribution in [1.82, 2.24) is 0 Å². The molecule has 9 heteroatoms. The number of alkyl halides is 3. The number of benzene rings is 1. The molecule has 1 heterocycles. The van der Waals surface area contributed by atoms with Gasteiger partial charge in [0.15, 0.2) is 5.78 Å². The van der Waals surface area contributed by atoms with Gasteiger partial charge < -0.3 is 10.2 Å². The third kappa shape index (κ3) is 3.54. The summed E-state index contributed by atoms with van der Waals surface area (Å²) >= 11 is 0. The Labute approximate surface area is 139 Å². The average molecular weight is 354 g/mol. The number of carbonyl (C=O) groups excluding carboxylic acids is 3. The monoisotopic (exact) mass is 354 g/mol. The highest BCUT2D eigenvalue weighted by Gasteiger charge is 2.35. The molecule has 1 aromatic heterocycles. The Hall–Kier alpha value is -3.10. The van der Waals surface area contributed by atoms with Crippen LogP contribution < -0.4 is 11.1 Å². The van der Waals surface area contributed by atoms with E-state index in [4.69, 9.17) is 10.2 Å². The van der Waals surface area contributed by atoms with E-state index >= 15 is 0 Å². The van der Waals surface area contributed by atoms with Gasteiger partial charge in [0.2, 0.25) is 5.88 Å². The van der Waals surface area contributed by atoms with E-state index in [0.29, 0.717) is 0 Å². The van der Waals surface area contributed by atoms with Crippen LogP contribution in [0.4, 0.5) is 19.1 Å². The summed E-state index contributed by atoms with van der Waals surface area (Å²) in [6.07, 6.45) is -4.75. The highest BCUT2D eigenvalue weighted by Crippen LogP contribution is 2.33. The van der Waals surface area contributed by atoms with Crippen molar-refractivity contribution in [3.63, 3.8) is 0 Å². The van der Waals surface area contributed by atoms with Crippen molar-refractivity contribution in [3.8, 4) is 0 Å². The van der Waals surface area contributed by atoms with E-state index in [-0.39, 0.29) is 16.9 Å². The van der Waals surface area contributed by atoms with Crippen LogP contribution in [0.15, 0.2) is 28.7 Å². The molecule has 3 N–H and O–H groups in total. The fourth-order valence-electron chi connectivity index (χ4n) is 2.39. The number of aryl methyl sites for hydroxylation is 1. The number of anilines is 1. The average Bonchev–Trinajstić information content (AvgIpc) is 2.82. The van der Waals surface area contributed by atoms with E-state index in [1.54, 1.807) is 0 Å². The SMILES string of the molecule is CC(=O)c1c(C)oc(NC(=O)c2ccccc2C(F)(F)F)c1C(N)=O. The minimum atomic E-state index is -4.75. The lowest BCUT2D eigenvalue weighted by Crippen LogP contribution is -2.21. The van der Waals surface area contributed by atoms with E-state index < -0.39 is 40.8 Å². The summed E-state index contributed by atoms with van der Waals surface area (Å²) in [4.78, 5) is 35.4. The predicted octanol–water partition coefficient (Wildman–Crippen LogP) is 3.16. The summed E-state index contributed by atoms with van der Waals surface area (Å²) in [6, 6.07) is 4.12. The third-order valence-electron chi connectivity index (χ3n) is 3.39. The smallest absolute Gasteiger partial charge is 0.417 e. The van der Waals surface area contributed by atoms with Crippen molar-refractivity contribution in [3.05, 3.63) is 52.3 Å². The van der Waals surface area contributed by atoms with Gasteiger partial charge in [-0.25, -0.2) is 0 Å². The normalized spacial score (nSPS) is 11.2. The topological polar surface area (TPSA) is 102 Å². The van der Waals surface area contributed by atoms with Crippen molar-refractivity contribution in [2.75, 3.05) is 5.32 Å². The van der Waals surface area contributed by atoms with Crippen LogP contribution in [0.2, 0.25) is 0 Å². The molecule has 1 aromatic carbocycles. The van der Waals surface area contributed by atoms with Gasteiger partial charge in [-0.05, 0) is 26.0 Å². The molecule has 0 radical (unpaired) electrons. The Morgan fingerprint density at radius 1 is 1.12 bits per heavy atom. The zero-order valence-corrected chi connectivity index (χ0v) is 13.2. The molecule has 0 saturated carbocycles. The number of hydrogen-bond donors (Lipinski definition) is 2. The number of ketones is 1. The van der Waals surface area contributed by atoms with Crippen molar-refractivity contribution < 1.29 is 32.0 Å². The van der Waals surface area contributed by atoms with Crippen LogP contribution in [-0.4, -0.2) is 17.6 Å². The number of furan rings is 1. The van der Waals surface area contributed by atoms with E-state index in [9.17, 15) is 27.6 Å². The summed E-state index contributed by atoms with van der Waals surface area (Å²) < 4.78 is 44.2. The molecule has 0 atom stereocenters. The second-order valence-electron chi connectivity index (χ2n) is 5.16. The molecule has 2 aromatic rings. The molecule has 0 aliphatic rings. The molecular weight excluding hydrogens is 341 g/mol. The quantitative estimate of drug-likeness (QED) is 0.823. The Bertz CT molecular complexity index is 869. The van der Waals surface area contributed by atoms with Gasteiger partial charge in [0.05, 0.1) is 16.7 Å². The fourth-order valence-corrected chi connectivity index (χ4v) is 2.39. The fraction of sp³-hybridized carbons (Fsp3) is 0.188. The van der Waals surface area contributed by atoms with Crippen LogP contribution in [0.3, 0.4) is 0 Å². The first-order valence-corrected chi connectivity index (χ1v) is 6.95. The van der Waals surface area contributed by atoms with E-state index in [1.807, 2.05) is 0 Å². The summed E-state index contributed by atoms with van der Waals surface area (Å²) in [5.74, 6) is -3.20. The number of primary amides is 1. The van der Waals surface area contributed by atoms with Crippen molar-refractivity contribution in [2.45, 2.75) is 20.0 Å². The first kappa shape index (κ1) is 18.2. The molecule has 2 amide bonds. The number of amides is 2. The van der Waals surface area contributed by atoms with Crippen molar-refractivity contribution >= 4 is 23.5 Å². The van der Waals surface area contributed by atoms with Gasteiger partial charge in [0.25, 0.3) is 11.8 Å². The number of nitrogens with two attached hydrogens (primary N) is 1. The predicted molar refractivity (Wildman–Crippen MR) is 81.4 cm³/mol. The minimum absolute atomic E-state index is 0.0145. The zero-order chi connectivity index (χ0) is 18.9. The zero-order valence-electron chi connectivity index (χ0n) is 13.2. The molecule has 0 spiro atoms. The molecule has 0 fully saturated rings. The van der Waals surface area contributed by atoms with E-state index in [2.05, 4.69) is 5.32 Å². The Balaban J connectivity index is 2.49. The molecule has 132 valence electrons. The third-order valence-corrected chi connectivity index (χ3v) is 3.39. The lowest BCUT2D eigenvalue weighted by molar-refractivity contribution is -0.137. The number of hydrogen-bond acceptors (Lipinski definition) is 4. The van der Waals surface area contributed by atoms with Gasteiger partial charge >= 0.3 is 6.18 Å². The van der Waals surface area contributed by atoms with Crippen LogP contribution in [0.5, 0.6) is 0 Å². The van der Waals surface area contributed by atoms with Gasteiger partial charge in [-0.3, -0.25) is 19.7 Å². The molecule has 0 saturated heterocycles. The molecular formula is C16H13F3N2O4. The standard InChI is InChI=1S/C16H13F3N2O4/c1-7(22)11-8(2)25-15(12(11)13(20)23)21-14(24)9-5-3-4-6-10(9)16(17,18)19/h3-6H,1-2H3,(H2,20,23)(H,21,24). The molecule has 2 rings (SSSR count). The Morgan fingerprint density at radius 3 is 2.24 bits per heavy atom. The molecule has 0 bridgehead atoms. The Kier molecular flexibility index (Phi) is 4.69. The van der Waals surface area contributed by atoms with E-state index in [1.165, 1.54) is 13.0 Å². The van der Waals surface area contributed by atoms with Crippen LogP contribution in [0, 0.1) is 6.92 Å². The summed E-state index contributed by atoms with van der Waals surface area (Å²) in [6.45, 7) is 2.53. The molecule has 0 aliphatic carbocycles. The Morgan fingerprint density at radius 2 is 1.72 bits per heavy atom. The van der Waals surface area contributed by atoms with E-state index in [0.717, 1.165) is 25.1 Å². The number of nitrogens with one attached hydrogen (secondary N) is 1. The molecule has 6 nitrogen and oxygen atoms in total. The summed E-state index contributed by atoms with van der Waals surface area (Å²) in [5, 5.41) is 2.08. The summed E-state index contributed by atoms with van der Waals surface area (Å²) in [5.41, 5.74) is 2.87. The van der Waals surface area contributed by atoms with Crippen molar-refractivity contribution in [2.24, 2.45) is 5.73 Å². The van der Waals surface area contributed by atoms with Crippen molar-refractivity contribution in [1.29, 1.82) is 0 Å². The maximum Gasteiger partial charge on any atom is 0.417 e. The lowest BCUT2D eigenvalue weighted by Gasteiger charge is -2.12. The van der Waals surface area contributed by atoms with Gasteiger partial charge in [-0.1, -0.05) is 12.1 Å². The lowest BCUT2D eigenvalue weighted by atomic mass is 10.1. The van der Waals surface area contributed by atoms with Crippen LogP contribution in [0.1, 0.15) is 49.3 Å². The highest BCUT2D eigenvalue weighted by atomic mass is 19.4. The van der Waals surface area contributed by atoms with Gasteiger partial charge in [-0.15, -0.1) is 0 Å². The molecule has 0 aliphatic heterocycles. The van der Waals surface area contributed by atoms with Crippen LogP contribution in [-0.2, 0) is 6.18 Å². The summed E-state index contributed by atoms with van der Waals surface area (Å²) in [7, 11) is 0. The first-order valence-electron chi connectivity index (χ1n) is 6.95. The number of carbonyl (C=O) groups is 3. The van der Waals surface area contributed by atoms with Crippen LogP contribution >= 0.6 is 0 Å². The van der Waals surface area contributed by atoms with Gasteiger partial charge in [0.1, 0.15) is 11.3 Å². The van der Waals surface area contributed by atoms with Gasteiger partial charge in [0, 0.05) is 0 Å².